The predicted octanol–water partition coefficient (Wildman–Crippen LogP) is 3.16. The average molecular weight is 291 g/mol. The summed E-state index contributed by atoms with van der Waals surface area (Å²) in [5, 5.41) is 11.3. The first-order valence-corrected chi connectivity index (χ1v) is 6.30. The van der Waals surface area contributed by atoms with Crippen LogP contribution in [-0.2, 0) is 0 Å². The number of halogens is 2. The smallest absolute Gasteiger partial charge is 0.312 e. The molecule has 1 saturated carbocycles. The largest absolute Gasteiger partial charge is 0.482 e. The van der Waals surface area contributed by atoms with E-state index in [1.54, 1.807) is 0 Å². The van der Waals surface area contributed by atoms with Crippen molar-refractivity contribution in [3.05, 3.63) is 32.3 Å². The fourth-order valence-electron chi connectivity index (χ4n) is 2.02. The van der Waals surface area contributed by atoms with Crippen molar-refractivity contribution in [1.29, 1.82) is 0 Å². The van der Waals surface area contributed by atoms with Crippen LogP contribution in [0.5, 0.6) is 5.75 Å². The van der Waals surface area contributed by atoms with E-state index in [1.165, 1.54) is 12.1 Å². The maximum absolute atomic E-state index is 10.9. The van der Waals surface area contributed by atoms with Gasteiger partial charge in [-0.2, -0.15) is 0 Å². The molecule has 5 nitrogen and oxygen atoms in total. The number of ether oxygens (including phenoxy) is 1. The fourth-order valence-corrected chi connectivity index (χ4v) is 2.33. The number of nitrogens with zero attached hydrogens (tertiary/aromatic N) is 1. The molecule has 2 unspecified atom stereocenters. The van der Waals surface area contributed by atoms with Crippen molar-refractivity contribution in [2.75, 3.05) is 0 Å². The first-order chi connectivity index (χ1) is 8.49. The zero-order chi connectivity index (χ0) is 13.3. The highest BCUT2D eigenvalue weighted by Crippen LogP contribution is 2.37. The van der Waals surface area contributed by atoms with Gasteiger partial charge in [0.05, 0.1) is 15.0 Å². The van der Waals surface area contributed by atoms with E-state index >= 15 is 0 Å². The fraction of sp³-hybridized carbons (Fsp3) is 0.455. The normalized spacial score (nSPS) is 23.1. The Labute approximate surface area is 114 Å². The Bertz CT molecular complexity index is 482. The summed E-state index contributed by atoms with van der Waals surface area (Å²) in [6, 6.07) is 2.46. The SMILES string of the molecule is NC1CCCC1Oc1cc(Cl)c(Cl)cc1[N+](=O)[O-]. The van der Waals surface area contributed by atoms with Crippen LogP contribution in [0.4, 0.5) is 5.69 Å². The van der Waals surface area contributed by atoms with Crippen molar-refractivity contribution in [1.82, 2.24) is 0 Å². The molecule has 1 aromatic carbocycles. The molecule has 1 aromatic rings. The van der Waals surface area contributed by atoms with E-state index in [0.717, 1.165) is 19.3 Å². The van der Waals surface area contributed by atoms with Crippen LogP contribution in [0.3, 0.4) is 0 Å². The van der Waals surface area contributed by atoms with Crippen LogP contribution in [0.15, 0.2) is 12.1 Å². The van der Waals surface area contributed by atoms with Crippen LogP contribution in [0, 0.1) is 10.1 Å². The molecule has 0 radical (unpaired) electrons. The summed E-state index contributed by atoms with van der Waals surface area (Å²) in [6.07, 6.45) is 2.40. The molecular weight excluding hydrogens is 279 g/mol. The summed E-state index contributed by atoms with van der Waals surface area (Å²) in [7, 11) is 0. The summed E-state index contributed by atoms with van der Waals surface area (Å²) < 4.78 is 5.61. The second kappa shape index (κ2) is 5.30. The first-order valence-electron chi connectivity index (χ1n) is 5.54. The summed E-state index contributed by atoms with van der Waals surface area (Å²) in [5.74, 6) is 0.122. The summed E-state index contributed by atoms with van der Waals surface area (Å²) in [6.45, 7) is 0. The molecule has 0 heterocycles. The number of hydrogen-bond acceptors (Lipinski definition) is 4. The van der Waals surface area contributed by atoms with Gasteiger partial charge in [0.25, 0.3) is 0 Å². The topological polar surface area (TPSA) is 78.4 Å². The third-order valence-corrected chi connectivity index (χ3v) is 3.70. The first kappa shape index (κ1) is 13.4. The number of benzene rings is 1. The standard InChI is InChI=1S/C11H12Cl2N2O3/c12-6-4-9(15(16)17)11(5-7(6)13)18-10-3-1-2-8(10)14/h4-5,8,10H,1-3,14H2. The Hall–Kier alpha value is -1.04. The van der Waals surface area contributed by atoms with E-state index in [4.69, 9.17) is 33.7 Å². The Kier molecular flexibility index (Phi) is 3.94. The monoisotopic (exact) mass is 290 g/mol. The molecule has 0 saturated heterocycles. The highest BCUT2D eigenvalue weighted by Gasteiger charge is 2.28. The molecule has 1 aliphatic carbocycles. The highest BCUT2D eigenvalue weighted by atomic mass is 35.5. The molecular formula is C11H12Cl2N2O3. The van der Waals surface area contributed by atoms with Gasteiger partial charge in [0, 0.05) is 18.2 Å². The van der Waals surface area contributed by atoms with E-state index in [-0.39, 0.29) is 33.6 Å². The number of hydrogen-bond donors (Lipinski definition) is 1. The zero-order valence-electron chi connectivity index (χ0n) is 9.44. The van der Waals surface area contributed by atoms with Gasteiger partial charge in [-0.1, -0.05) is 23.2 Å². The Morgan fingerprint density at radius 3 is 2.56 bits per heavy atom. The highest BCUT2D eigenvalue weighted by molar-refractivity contribution is 6.42. The minimum absolute atomic E-state index is 0.0981. The Morgan fingerprint density at radius 1 is 1.33 bits per heavy atom. The summed E-state index contributed by atoms with van der Waals surface area (Å²) in [4.78, 5) is 10.4. The lowest BCUT2D eigenvalue weighted by Gasteiger charge is -2.18. The van der Waals surface area contributed by atoms with Crippen molar-refractivity contribution in [3.63, 3.8) is 0 Å². The Balaban J connectivity index is 2.30. The van der Waals surface area contributed by atoms with Gasteiger partial charge in [-0.3, -0.25) is 10.1 Å². The molecule has 0 spiro atoms. The van der Waals surface area contributed by atoms with E-state index in [9.17, 15) is 10.1 Å². The van der Waals surface area contributed by atoms with Crippen LogP contribution in [0.1, 0.15) is 19.3 Å². The van der Waals surface area contributed by atoms with Crippen LogP contribution < -0.4 is 10.5 Å². The lowest BCUT2D eigenvalue weighted by Crippen LogP contribution is -2.33. The molecule has 0 bridgehead atoms. The molecule has 0 amide bonds. The molecule has 2 rings (SSSR count). The second-order valence-corrected chi connectivity index (χ2v) is 5.06. The lowest BCUT2D eigenvalue weighted by atomic mass is 10.2. The van der Waals surface area contributed by atoms with Gasteiger partial charge in [-0.15, -0.1) is 0 Å². The molecule has 2 atom stereocenters. The maximum atomic E-state index is 10.9. The minimum Gasteiger partial charge on any atom is -0.482 e. The third-order valence-electron chi connectivity index (χ3n) is 2.98. The van der Waals surface area contributed by atoms with E-state index < -0.39 is 4.92 Å². The summed E-state index contributed by atoms with van der Waals surface area (Å²) in [5.41, 5.74) is 5.68. The van der Waals surface area contributed by atoms with Crippen LogP contribution in [0.2, 0.25) is 10.0 Å². The van der Waals surface area contributed by atoms with Crippen molar-refractivity contribution < 1.29 is 9.66 Å². The van der Waals surface area contributed by atoms with Crippen molar-refractivity contribution in [2.24, 2.45) is 5.73 Å². The quantitative estimate of drug-likeness (QED) is 0.685. The number of nitro benzene ring substituents is 1. The van der Waals surface area contributed by atoms with Crippen molar-refractivity contribution in [2.45, 2.75) is 31.4 Å². The molecule has 18 heavy (non-hydrogen) atoms. The molecule has 1 fully saturated rings. The molecule has 98 valence electrons. The van der Waals surface area contributed by atoms with Crippen LogP contribution >= 0.6 is 23.2 Å². The van der Waals surface area contributed by atoms with E-state index in [2.05, 4.69) is 0 Å². The molecule has 0 aromatic heterocycles. The second-order valence-electron chi connectivity index (χ2n) is 4.24. The van der Waals surface area contributed by atoms with Crippen molar-refractivity contribution >= 4 is 28.9 Å². The Morgan fingerprint density at radius 2 is 2.00 bits per heavy atom. The number of nitrogens with two attached hydrogens (primary N) is 1. The predicted molar refractivity (Wildman–Crippen MR) is 69.4 cm³/mol. The molecule has 1 aliphatic rings. The van der Waals surface area contributed by atoms with Crippen molar-refractivity contribution in [3.8, 4) is 5.75 Å². The minimum atomic E-state index is -0.544. The summed E-state index contributed by atoms with van der Waals surface area (Å²) >= 11 is 11.6. The van der Waals surface area contributed by atoms with Gasteiger partial charge in [0.15, 0.2) is 5.75 Å². The van der Waals surface area contributed by atoms with Crippen LogP contribution in [-0.4, -0.2) is 17.1 Å². The van der Waals surface area contributed by atoms with Gasteiger partial charge in [-0.25, -0.2) is 0 Å². The van der Waals surface area contributed by atoms with Gasteiger partial charge in [0.1, 0.15) is 6.10 Å². The van der Waals surface area contributed by atoms with Crippen LogP contribution in [0.25, 0.3) is 0 Å². The van der Waals surface area contributed by atoms with Gasteiger partial charge < -0.3 is 10.5 Å². The van der Waals surface area contributed by atoms with Gasteiger partial charge in [0.2, 0.25) is 0 Å². The molecule has 0 aliphatic heterocycles. The zero-order valence-corrected chi connectivity index (χ0v) is 10.9. The van der Waals surface area contributed by atoms with E-state index in [0.29, 0.717) is 0 Å². The third kappa shape index (κ3) is 2.68. The van der Waals surface area contributed by atoms with Gasteiger partial charge in [-0.05, 0) is 19.3 Å². The number of rotatable bonds is 3. The molecule has 7 heteroatoms. The molecule has 2 N–H and O–H groups in total. The van der Waals surface area contributed by atoms with Gasteiger partial charge >= 0.3 is 5.69 Å². The number of nitro groups is 1. The lowest BCUT2D eigenvalue weighted by molar-refractivity contribution is -0.386. The maximum Gasteiger partial charge on any atom is 0.312 e. The van der Waals surface area contributed by atoms with E-state index in [1.807, 2.05) is 0 Å². The average Bonchev–Trinajstić information content (AvgIpc) is 2.69.